The maximum absolute atomic E-state index is 3.59. The van der Waals surface area contributed by atoms with Crippen LogP contribution in [-0.4, -0.2) is 33.5 Å². The zero-order valence-electron chi connectivity index (χ0n) is 15.5. The monoisotopic (exact) mass is 308 g/mol. The second kappa shape index (κ2) is 13.4. The standard InChI is InChI=1S/C19H41BN2/c1-3-4-8-15-21-17-10-7-14-20-19(2)12-6-5-9-16-22-18-11-13-19/h20-22H,3-18H2,1-2H3. The Bertz CT molecular complexity index is 236. The van der Waals surface area contributed by atoms with E-state index in [-0.39, 0.29) is 0 Å². The highest BCUT2D eigenvalue weighted by molar-refractivity contribution is 6.39. The molecule has 2 N–H and O–H groups in total. The van der Waals surface area contributed by atoms with Crippen LogP contribution in [0, 0.1) is 0 Å². The Hall–Kier alpha value is -0.0151. The highest BCUT2D eigenvalue weighted by atomic mass is 14.8. The molecule has 0 aromatic heterocycles. The molecule has 0 radical (unpaired) electrons. The lowest BCUT2D eigenvalue weighted by atomic mass is 9.47. The second-order valence-corrected chi connectivity index (χ2v) is 7.74. The second-order valence-electron chi connectivity index (χ2n) is 7.74. The van der Waals surface area contributed by atoms with Crippen LogP contribution in [0.15, 0.2) is 0 Å². The van der Waals surface area contributed by atoms with Crippen LogP contribution >= 0.6 is 0 Å². The van der Waals surface area contributed by atoms with E-state index in [1.165, 1.54) is 110 Å². The lowest BCUT2D eigenvalue weighted by Crippen LogP contribution is -2.23. The highest BCUT2D eigenvalue weighted by Gasteiger charge is 2.24. The van der Waals surface area contributed by atoms with Crippen molar-refractivity contribution in [2.75, 3.05) is 26.2 Å². The molecule has 0 aliphatic carbocycles. The van der Waals surface area contributed by atoms with Crippen molar-refractivity contribution >= 4 is 7.28 Å². The number of hydrogen-bond donors (Lipinski definition) is 2. The van der Waals surface area contributed by atoms with Crippen molar-refractivity contribution in [3.63, 3.8) is 0 Å². The summed E-state index contributed by atoms with van der Waals surface area (Å²) in [4.78, 5) is 0. The third-order valence-electron chi connectivity index (χ3n) is 5.36. The molecule has 0 aromatic rings. The molecule has 1 saturated heterocycles. The first-order chi connectivity index (χ1) is 10.8. The summed E-state index contributed by atoms with van der Waals surface area (Å²) in [6, 6.07) is 0. The van der Waals surface area contributed by atoms with E-state index in [1.54, 1.807) is 0 Å². The summed E-state index contributed by atoms with van der Waals surface area (Å²) in [6.07, 6.45) is 16.8. The van der Waals surface area contributed by atoms with Gasteiger partial charge in [-0.25, -0.2) is 0 Å². The summed E-state index contributed by atoms with van der Waals surface area (Å²) in [6.45, 7) is 9.75. The minimum absolute atomic E-state index is 0.619. The number of nitrogens with one attached hydrogen (secondary N) is 2. The quantitative estimate of drug-likeness (QED) is 0.458. The van der Waals surface area contributed by atoms with Gasteiger partial charge in [-0.2, -0.15) is 0 Å². The van der Waals surface area contributed by atoms with Gasteiger partial charge >= 0.3 is 0 Å². The van der Waals surface area contributed by atoms with E-state index in [9.17, 15) is 0 Å². The minimum Gasteiger partial charge on any atom is -0.317 e. The Morgan fingerprint density at radius 2 is 1.64 bits per heavy atom. The number of rotatable bonds is 10. The first-order valence-electron chi connectivity index (χ1n) is 10.2. The molecule has 0 saturated carbocycles. The summed E-state index contributed by atoms with van der Waals surface area (Å²) < 4.78 is 0. The van der Waals surface area contributed by atoms with Gasteiger partial charge < -0.3 is 10.6 Å². The molecule has 1 fully saturated rings. The van der Waals surface area contributed by atoms with Gasteiger partial charge in [0.05, 0.1) is 0 Å². The predicted octanol–water partition coefficient (Wildman–Crippen LogP) is 4.52. The fourth-order valence-corrected chi connectivity index (χ4v) is 3.72. The van der Waals surface area contributed by atoms with Crippen LogP contribution in [0.3, 0.4) is 0 Å². The van der Waals surface area contributed by atoms with Crippen LogP contribution in [0.2, 0.25) is 11.6 Å². The van der Waals surface area contributed by atoms with Gasteiger partial charge in [-0.05, 0) is 51.9 Å². The maximum atomic E-state index is 3.59. The van der Waals surface area contributed by atoms with E-state index in [2.05, 4.69) is 24.5 Å². The molecule has 1 heterocycles. The topological polar surface area (TPSA) is 24.1 Å². The number of unbranched alkanes of at least 4 members (excludes halogenated alkanes) is 3. The molecular formula is C19H41BN2. The van der Waals surface area contributed by atoms with E-state index in [0.29, 0.717) is 5.31 Å². The fourth-order valence-electron chi connectivity index (χ4n) is 3.72. The minimum atomic E-state index is 0.619. The Labute approximate surface area is 140 Å². The van der Waals surface area contributed by atoms with Crippen LogP contribution in [0.4, 0.5) is 0 Å². The van der Waals surface area contributed by atoms with Crippen LogP contribution in [0.25, 0.3) is 0 Å². The molecule has 1 atom stereocenters. The van der Waals surface area contributed by atoms with Crippen LogP contribution in [-0.2, 0) is 0 Å². The molecule has 2 nitrogen and oxygen atoms in total. The fraction of sp³-hybridized carbons (Fsp3) is 1.00. The summed E-state index contributed by atoms with van der Waals surface area (Å²) in [5, 5.41) is 7.80. The van der Waals surface area contributed by atoms with Gasteiger partial charge in [0.15, 0.2) is 0 Å². The Morgan fingerprint density at radius 3 is 2.45 bits per heavy atom. The van der Waals surface area contributed by atoms with Gasteiger partial charge in [0.1, 0.15) is 7.28 Å². The Morgan fingerprint density at radius 1 is 0.909 bits per heavy atom. The molecule has 3 heteroatoms. The molecule has 22 heavy (non-hydrogen) atoms. The summed E-state index contributed by atoms with van der Waals surface area (Å²) in [5.74, 6) is 0. The van der Waals surface area contributed by atoms with Crippen molar-refractivity contribution in [1.82, 2.24) is 10.6 Å². The van der Waals surface area contributed by atoms with E-state index in [1.807, 2.05) is 0 Å². The zero-order valence-corrected chi connectivity index (χ0v) is 15.5. The lowest BCUT2D eigenvalue weighted by Gasteiger charge is -2.30. The third kappa shape index (κ3) is 10.7. The molecule has 1 aliphatic heterocycles. The van der Waals surface area contributed by atoms with Crippen molar-refractivity contribution in [3.05, 3.63) is 0 Å². The SMILES string of the molecule is CCCCCNCCCCBC1(C)CCCCCNCCC1. The predicted molar refractivity (Wildman–Crippen MR) is 103 cm³/mol. The molecule has 1 rings (SSSR count). The van der Waals surface area contributed by atoms with Gasteiger partial charge in [-0.1, -0.05) is 70.4 Å². The van der Waals surface area contributed by atoms with Crippen molar-refractivity contribution in [2.45, 2.75) is 96.1 Å². The van der Waals surface area contributed by atoms with E-state index in [4.69, 9.17) is 0 Å². The average Bonchev–Trinajstić information content (AvgIpc) is 2.52. The van der Waals surface area contributed by atoms with Crippen molar-refractivity contribution in [3.8, 4) is 0 Å². The van der Waals surface area contributed by atoms with E-state index >= 15 is 0 Å². The zero-order chi connectivity index (χ0) is 15.9. The Balaban J connectivity index is 2.04. The van der Waals surface area contributed by atoms with E-state index < -0.39 is 0 Å². The molecular weight excluding hydrogens is 267 g/mol. The molecule has 1 aliphatic rings. The summed E-state index contributed by atoms with van der Waals surface area (Å²) in [7, 11) is 1.45. The third-order valence-corrected chi connectivity index (χ3v) is 5.36. The largest absolute Gasteiger partial charge is 0.317 e. The van der Waals surface area contributed by atoms with Gasteiger partial charge in [0.25, 0.3) is 0 Å². The summed E-state index contributed by atoms with van der Waals surface area (Å²) >= 11 is 0. The van der Waals surface area contributed by atoms with Crippen LogP contribution in [0.1, 0.15) is 84.5 Å². The average molecular weight is 308 g/mol. The van der Waals surface area contributed by atoms with Crippen LogP contribution < -0.4 is 10.6 Å². The maximum Gasteiger partial charge on any atom is 0.127 e. The molecule has 0 aromatic carbocycles. The van der Waals surface area contributed by atoms with Crippen molar-refractivity contribution in [1.29, 1.82) is 0 Å². The van der Waals surface area contributed by atoms with Crippen molar-refractivity contribution in [2.24, 2.45) is 0 Å². The normalized spacial score (nSPS) is 24.1. The van der Waals surface area contributed by atoms with Gasteiger partial charge in [0, 0.05) is 0 Å². The number of hydrogen-bond acceptors (Lipinski definition) is 2. The van der Waals surface area contributed by atoms with Gasteiger partial charge in [-0.3, -0.25) is 0 Å². The first-order valence-corrected chi connectivity index (χ1v) is 10.2. The lowest BCUT2D eigenvalue weighted by molar-refractivity contribution is 0.432. The first kappa shape index (κ1) is 20.0. The highest BCUT2D eigenvalue weighted by Crippen LogP contribution is 2.38. The molecule has 0 amide bonds. The smallest absolute Gasteiger partial charge is 0.127 e. The van der Waals surface area contributed by atoms with Crippen molar-refractivity contribution < 1.29 is 0 Å². The molecule has 130 valence electrons. The molecule has 1 unspecified atom stereocenters. The van der Waals surface area contributed by atoms with E-state index in [0.717, 1.165) is 0 Å². The Kier molecular flexibility index (Phi) is 12.2. The van der Waals surface area contributed by atoms with Gasteiger partial charge in [0.2, 0.25) is 0 Å². The molecule has 0 spiro atoms. The summed E-state index contributed by atoms with van der Waals surface area (Å²) in [5.41, 5.74) is 0. The van der Waals surface area contributed by atoms with Gasteiger partial charge in [-0.15, -0.1) is 0 Å². The van der Waals surface area contributed by atoms with Crippen LogP contribution in [0.5, 0.6) is 0 Å². The molecule has 0 bridgehead atoms.